The Morgan fingerprint density at radius 2 is 2.16 bits per heavy atom. The van der Waals surface area contributed by atoms with E-state index in [4.69, 9.17) is 10.3 Å². The molecule has 4 unspecified atom stereocenters. The lowest BCUT2D eigenvalue weighted by Gasteiger charge is -2.29. The number of nitrogens with two attached hydrogens (primary N) is 1. The van der Waals surface area contributed by atoms with Crippen molar-refractivity contribution in [3.63, 3.8) is 0 Å². The van der Waals surface area contributed by atoms with Gasteiger partial charge in [-0.25, -0.2) is 0 Å². The summed E-state index contributed by atoms with van der Waals surface area (Å²) in [5.74, 6) is 2.42. The topological polar surface area (TPSA) is 64.9 Å². The van der Waals surface area contributed by atoms with Gasteiger partial charge in [0.2, 0.25) is 5.89 Å². The standard InChI is InChI=1S/C13H23N3OS2/c1-5-6-13(4,14)12-15-11(16-17-12)10-7-18-8(2)9(3)19-10/h8-10H,5-7,14H2,1-4H3. The van der Waals surface area contributed by atoms with E-state index in [9.17, 15) is 0 Å². The summed E-state index contributed by atoms with van der Waals surface area (Å²) >= 11 is 3.92. The van der Waals surface area contributed by atoms with Crippen molar-refractivity contribution < 1.29 is 4.52 Å². The maximum atomic E-state index is 6.23. The molecule has 6 heteroatoms. The van der Waals surface area contributed by atoms with Crippen LogP contribution in [0.5, 0.6) is 0 Å². The van der Waals surface area contributed by atoms with Crippen LogP contribution < -0.4 is 5.73 Å². The molecular formula is C13H23N3OS2. The zero-order valence-electron chi connectivity index (χ0n) is 12.0. The minimum absolute atomic E-state index is 0.325. The molecule has 2 rings (SSSR count). The molecule has 0 aromatic carbocycles. The van der Waals surface area contributed by atoms with Gasteiger partial charge in [-0.3, -0.25) is 0 Å². The van der Waals surface area contributed by atoms with Crippen molar-refractivity contribution in [3.05, 3.63) is 11.7 Å². The molecule has 4 nitrogen and oxygen atoms in total. The van der Waals surface area contributed by atoms with Crippen molar-refractivity contribution in [3.8, 4) is 0 Å². The van der Waals surface area contributed by atoms with Crippen LogP contribution in [0.4, 0.5) is 0 Å². The SMILES string of the molecule is CCCC(C)(N)c1nc(C2CSC(C)C(C)S2)no1. The van der Waals surface area contributed by atoms with E-state index in [2.05, 4.69) is 30.9 Å². The summed E-state index contributed by atoms with van der Waals surface area (Å²) in [6, 6.07) is 0. The Hall–Kier alpha value is -0.200. The number of aromatic nitrogens is 2. The summed E-state index contributed by atoms with van der Waals surface area (Å²) in [6.07, 6.45) is 1.86. The van der Waals surface area contributed by atoms with Crippen molar-refractivity contribution >= 4 is 23.5 Å². The first-order valence-corrected chi connectivity index (χ1v) is 8.83. The van der Waals surface area contributed by atoms with Crippen LogP contribution >= 0.6 is 23.5 Å². The van der Waals surface area contributed by atoms with Crippen LogP contribution in [0.1, 0.15) is 57.5 Å². The first-order chi connectivity index (χ1) is 8.94. The van der Waals surface area contributed by atoms with Gasteiger partial charge in [-0.2, -0.15) is 16.7 Å². The van der Waals surface area contributed by atoms with Gasteiger partial charge in [0, 0.05) is 16.3 Å². The second kappa shape index (κ2) is 6.06. The minimum Gasteiger partial charge on any atom is -0.337 e. The molecule has 1 aliphatic heterocycles. The smallest absolute Gasteiger partial charge is 0.246 e. The predicted molar refractivity (Wildman–Crippen MR) is 82.5 cm³/mol. The number of thioether (sulfide) groups is 2. The Kier molecular flexibility index (Phi) is 4.84. The van der Waals surface area contributed by atoms with Crippen molar-refractivity contribution in [2.45, 2.75) is 61.8 Å². The van der Waals surface area contributed by atoms with E-state index in [1.807, 2.05) is 30.4 Å². The molecule has 0 aliphatic carbocycles. The van der Waals surface area contributed by atoms with E-state index in [1.54, 1.807) is 0 Å². The molecule has 4 atom stereocenters. The van der Waals surface area contributed by atoms with Crippen molar-refractivity contribution in [1.82, 2.24) is 10.1 Å². The number of hydrogen-bond donors (Lipinski definition) is 1. The first kappa shape index (κ1) is 15.2. The lowest BCUT2D eigenvalue weighted by atomic mass is 9.98. The van der Waals surface area contributed by atoms with E-state index < -0.39 is 5.54 Å². The highest BCUT2D eigenvalue weighted by Crippen LogP contribution is 2.43. The fourth-order valence-electron chi connectivity index (χ4n) is 2.14. The van der Waals surface area contributed by atoms with Crippen molar-refractivity contribution in [1.29, 1.82) is 0 Å². The van der Waals surface area contributed by atoms with Crippen LogP contribution in [-0.2, 0) is 5.54 Å². The molecule has 0 radical (unpaired) electrons. The summed E-state index contributed by atoms with van der Waals surface area (Å²) in [4.78, 5) is 4.55. The first-order valence-electron chi connectivity index (χ1n) is 6.84. The summed E-state index contributed by atoms with van der Waals surface area (Å²) in [5, 5.41) is 5.78. The van der Waals surface area contributed by atoms with Gasteiger partial charge < -0.3 is 10.3 Å². The number of nitrogens with zero attached hydrogens (tertiary/aromatic N) is 2. The Labute approximate surface area is 123 Å². The normalized spacial score (nSPS) is 31.1. The fraction of sp³-hybridized carbons (Fsp3) is 0.846. The molecule has 0 saturated carbocycles. The molecule has 1 aromatic heterocycles. The molecular weight excluding hydrogens is 278 g/mol. The number of hydrogen-bond acceptors (Lipinski definition) is 6. The van der Waals surface area contributed by atoms with E-state index in [1.165, 1.54) is 0 Å². The maximum absolute atomic E-state index is 6.23. The third-order valence-electron chi connectivity index (χ3n) is 3.54. The van der Waals surface area contributed by atoms with Crippen LogP contribution in [0.2, 0.25) is 0 Å². The summed E-state index contributed by atoms with van der Waals surface area (Å²) in [5.41, 5.74) is 5.72. The maximum Gasteiger partial charge on any atom is 0.246 e. The Morgan fingerprint density at radius 3 is 2.79 bits per heavy atom. The summed E-state index contributed by atoms with van der Waals surface area (Å²) in [7, 11) is 0. The van der Waals surface area contributed by atoms with Crippen LogP contribution in [-0.4, -0.2) is 26.4 Å². The lowest BCUT2D eigenvalue weighted by Crippen LogP contribution is -2.33. The summed E-state index contributed by atoms with van der Waals surface area (Å²) < 4.78 is 5.39. The van der Waals surface area contributed by atoms with Crippen LogP contribution in [0.15, 0.2) is 4.52 Å². The monoisotopic (exact) mass is 301 g/mol. The average molecular weight is 301 g/mol. The van der Waals surface area contributed by atoms with Gasteiger partial charge in [-0.05, 0) is 13.3 Å². The largest absolute Gasteiger partial charge is 0.337 e. The molecule has 19 heavy (non-hydrogen) atoms. The van der Waals surface area contributed by atoms with Crippen LogP contribution in [0, 0.1) is 0 Å². The van der Waals surface area contributed by atoms with E-state index in [0.717, 1.165) is 24.4 Å². The molecule has 0 spiro atoms. The predicted octanol–water partition coefficient (Wildman–Crippen LogP) is 3.34. The molecule has 2 N–H and O–H groups in total. The van der Waals surface area contributed by atoms with E-state index >= 15 is 0 Å². The molecule has 0 bridgehead atoms. The summed E-state index contributed by atoms with van der Waals surface area (Å²) in [6.45, 7) is 8.61. The number of rotatable bonds is 4. The van der Waals surface area contributed by atoms with Crippen molar-refractivity contribution in [2.24, 2.45) is 5.73 Å². The van der Waals surface area contributed by atoms with Crippen LogP contribution in [0.25, 0.3) is 0 Å². The average Bonchev–Trinajstić information content (AvgIpc) is 2.83. The molecule has 1 fully saturated rings. The van der Waals surface area contributed by atoms with Gasteiger partial charge in [0.1, 0.15) is 0 Å². The minimum atomic E-state index is -0.509. The van der Waals surface area contributed by atoms with Gasteiger partial charge in [0.25, 0.3) is 0 Å². The Morgan fingerprint density at radius 1 is 1.42 bits per heavy atom. The van der Waals surface area contributed by atoms with Gasteiger partial charge in [-0.15, -0.1) is 11.8 Å². The molecule has 1 aliphatic rings. The molecule has 1 saturated heterocycles. The van der Waals surface area contributed by atoms with E-state index in [-0.39, 0.29) is 0 Å². The fourth-order valence-corrected chi connectivity index (χ4v) is 4.98. The zero-order valence-corrected chi connectivity index (χ0v) is 13.7. The Bertz CT molecular complexity index is 422. The molecule has 108 valence electrons. The molecule has 0 amide bonds. The zero-order chi connectivity index (χ0) is 14.0. The van der Waals surface area contributed by atoms with Gasteiger partial charge in [0.05, 0.1) is 10.8 Å². The second-order valence-electron chi connectivity index (χ2n) is 5.49. The second-order valence-corrected chi connectivity index (χ2v) is 8.49. The molecule has 2 heterocycles. The van der Waals surface area contributed by atoms with Gasteiger partial charge in [-0.1, -0.05) is 32.3 Å². The molecule has 1 aromatic rings. The van der Waals surface area contributed by atoms with Crippen LogP contribution in [0.3, 0.4) is 0 Å². The highest BCUT2D eigenvalue weighted by molar-refractivity contribution is 8.07. The van der Waals surface area contributed by atoms with E-state index in [0.29, 0.717) is 21.6 Å². The third-order valence-corrected chi connectivity index (χ3v) is 6.92. The highest BCUT2D eigenvalue weighted by Gasteiger charge is 2.33. The third kappa shape index (κ3) is 3.47. The Balaban J connectivity index is 2.09. The lowest BCUT2D eigenvalue weighted by molar-refractivity contribution is 0.282. The van der Waals surface area contributed by atoms with Gasteiger partial charge >= 0.3 is 0 Å². The quantitative estimate of drug-likeness (QED) is 0.920. The van der Waals surface area contributed by atoms with Gasteiger partial charge in [0.15, 0.2) is 5.82 Å². The van der Waals surface area contributed by atoms with Crippen molar-refractivity contribution in [2.75, 3.05) is 5.75 Å². The highest BCUT2D eigenvalue weighted by atomic mass is 32.2.